The van der Waals surface area contributed by atoms with Gasteiger partial charge in [0.05, 0.1) is 4.90 Å². The van der Waals surface area contributed by atoms with Crippen molar-refractivity contribution >= 4 is 47.9 Å². The molecule has 0 heterocycles. The summed E-state index contributed by atoms with van der Waals surface area (Å²) in [5.41, 5.74) is 0. The van der Waals surface area contributed by atoms with E-state index in [9.17, 15) is 13.2 Å². The van der Waals surface area contributed by atoms with Crippen LogP contribution in [0.2, 0.25) is 0 Å². The monoisotopic (exact) mass is 429 g/mol. The number of nitrogens with one attached hydrogen (secondary N) is 1. The lowest BCUT2D eigenvalue weighted by molar-refractivity contribution is -0.139. The summed E-state index contributed by atoms with van der Waals surface area (Å²) in [5.74, 6) is -1.25. The third-order valence-electron chi connectivity index (χ3n) is 2.39. The molecule has 9 heteroatoms. The molecule has 0 aliphatic carbocycles. The molecule has 1 unspecified atom stereocenters. The molecule has 0 amide bonds. The highest BCUT2D eigenvalue weighted by atomic mass is 79.9. The van der Waals surface area contributed by atoms with Crippen molar-refractivity contribution < 1.29 is 23.1 Å². The summed E-state index contributed by atoms with van der Waals surface area (Å²) >= 11 is 6.36. The van der Waals surface area contributed by atoms with Gasteiger partial charge in [-0.1, -0.05) is 15.9 Å². The molecule has 0 saturated carbocycles. The summed E-state index contributed by atoms with van der Waals surface area (Å²) in [7, 11) is -2.52. The number of carboxylic acid groups (broad SMARTS) is 1. The van der Waals surface area contributed by atoms with Gasteiger partial charge in [-0.05, 0) is 40.5 Å². The van der Waals surface area contributed by atoms with E-state index in [1.807, 2.05) is 0 Å². The molecule has 0 bridgehead atoms. The molecule has 0 spiro atoms. The molecule has 1 rings (SSSR count). The summed E-state index contributed by atoms with van der Waals surface area (Å²) in [6.07, 6.45) is 0.0409. The van der Waals surface area contributed by atoms with E-state index in [2.05, 4.69) is 36.6 Å². The van der Waals surface area contributed by atoms with Crippen molar-refractivity contribution in [2.24, 2.45) is 0 Å². The van der Waals surface area contributed by atoms with Crippen molar-refractivity contribution in [3.63, 3.8) is 0 Å². The topological polar surface area (TPSA) is 92.7 Å². The number of halogens is 2. The van der Waals surface area contributed by atoms with Crippen LogP contribution in [-0.4, -0.2) is 39.3 Å². The Labute approximate surface area is 133 Å². The second kappa shape index (κ2) is 7.51. The largest absolute Gasteiger partial charge is 0.480 e. The summed E-state index contributed by atoms with van der Waals surface area (Å²) < 4.78 is 32.3. The van der Waals surface area contributed by atoms with Crippen molar-refractivity contribution in [2.75, 3.05) is 13.7 Å². The fourth-order valence-electron chi connectivity index (χ4n) is 1.41. The lowest BCUT2D eigenvalue weighted by Gasteiger charge is -2.15. The van der Waals surface area contributed by atoms with Crippen LogP contribution in [0.15, 0.2) is 32.0 Å². The predicted molar refractivity (Wildman–Crippen MR) is 80.1 cm³/mol. The number of rotatable bonds is 7. The number of hydrogen-bond donors (Lipinski definition) is 2. The average molecular weight is 431 g/mol. The van der Waals surface area contributed by atoms with Crippen molar-refractivity contribution in [3.8, 4) is 0 Å². The van der Waals surface area contributed by atoms with Crippen molar-refractivity contribution in [3.05, 3.63) is 27.1 Å². The molecule has 0 fully saturated rings. The maximum Gasteiger partial charge on any atom is 0.321 e. The van der Waals surface area contributed by atoms with Crippen molar-refractivity contribution in [1.29, 1.82) is 0 Å². The number of carboxylic acids is 1. The van der Waals surface area contributed by atoms with Gasteiger partial charge in [0.15, 0.2) is 0 Å². The van der Waals surface area contributed by atoms with Crippen LogP contribution < -0.4 is 4.72 Å². The first kappa shape index (κ1) is 17.6. The minimum atomic E-state index is -3.94. The van der Waals surface area contributed by atoms with Gasteiger partial charge in [-0.2, -0.15) is 4.72 Å². The molecule has 20 heavy (non-hydrogen) atoms. The first-order valence-corrected chi connectivity index (χ1v) is 8.54. The van der Waals surface area contributed by atoms with Gasteiger partial charge < -0.3 is 9.84 Å². The number of aliphatic carboxylic acids is 1. The standard InChI is InChI=1S/C11H13Br2NO5S/c1-19-5-4-9(11(15)16)14-20(17,18)10-3-2-7(12)6-8(10)13/h2-3,6,9,14H,4-5H2,1H3,(H,15,16). The van der Waals surface area contributed by atoms with E-state index < -0.39 is 22.0 Å². The molecule has 0 radical (unpaired) electrons. The van der Waals surface area contributed by atoms with E-state index in [1.165, 1.54) is 13.2 Å². The molecule has 1 atom stereocenters. The first-order chi connectivity index (χ1) is 9.27. The highest BCUT2D eigenvalue weighted by molar-refractivity contribution is 9.11. The van der Waals surface area contributed by atoms with Crippen molar-refractivity contribution in [2.45, 2.75) is 17.4 Å². The van der Waals surface area contributed by atoms with Crippen LogP contribution in [0.1, 0.15) is 6.42 Å². The Hall–Kier alpha value is -0.480. The SMILES string of the molecule is COCCC(NS(=O)(=O)c1ccc(Br)cc1Br)C(=O)O. The zero-order chi connectivity index (χ0) is 15.3. The molecule has 0 aliphatic heterocycles. The van der Waals surface area contributed by atoms with Crippen LogP contribution in [0.5, 0.6) is 0 Å². The zero-order valence-corrected chi connectivity index (χ0v) is 14.5. The fraction of sp³-hybridized carbons (Fsp3) is 0.364. The Morgan fingerprint density at radius 1 is 1.45 bits per heavy atom. The van der Waals surface area contributed by atoms with Crippen LogP contribution in [0.4, 0.5) is 0 Å². The molecule has 1 aromatic carbocycles. The molecular weight excluding hydrogens is 418 g/mol. The van der Waals surface area contributed by atoms with E-state index in [0.29, 0.717) is 8.95 Å². The summed E-state index contributed by atoms with van der Waals surface area (Å²) in [5, 5.41) is 9.02. The number of hydrogen-bond acceptors (Lipinski definition) is 4. The minimum Gasteiger partial charge on any atom is -0.480 e. The second-order valence-corrected chi connectivity index (χ2v) is 7.32. The highest BCUT2D eigenvalue weighted by Gasteiger charge is 2.26. The molecule has 6 nitrogen and oxygen atoms in total. The first-order valence-electron chi connectivity index (χ1n) is 5.47. The van der Waals surface area contributed by atoms with Gasteiger partial charge in [0.2, 0.25) is 10.0 Å². The van der Waals surface area contributed by atoms with E-state index >= 15 is 0 Å². The molecule has 0 aliphatic rings. The fourth-order valence-corrected chi connectivity index (χ4v) is 4.38. The van der Waals surface area contributed by atoms with Gasteiger partial charge in [0.1, 0.15) is 6.04 Å². The van der Waals surface area contributed by atoms with Gasteiger partial charge >= 0.3 is 5.97 Å². The van der Waals surface area contributed by atoms with E-state index in [-0.39, 0.29) is 17.9 Å². The number of methoxy groups -OCH3 is 1. The minimum absolute atomic E-state index is 0.0237. The number of ether oxygens (including phenoxy) is 1. The molecular formula is C11H13Br2NO5S. The van der Waals surface area contributed by atoms with Crippen molar-refractivity contribution in [1.82, 2.24) is 4.72 Å². The lowest BCUT2D eigenvalue weighted by atomic mass is 10.2. The molecule has 2 N–H and O–H groups in total. The smallest absolute Gasteiger partial charge is 0.321 e. The second-order valence-electron chi connectivity index (χ2n) is 3.87. The van der Waals surface area contributed by atoms with E-state index in [4.69, 9.17) is 9.84 Å². The quantitative estimate of drug-likeness (QED) is 0.689. The molecule has 1 aromatic rings. The molecule has 0 aromatic heterocycles. The van der Waals surface area contributed by atoms with Crippen LogP contribution in [0.25, 0.3) is 0 Å². The number of carbonyl (C=O) groups is 1. The van der Waals surface area contributed by atoms with E-state index in [1.54, 1.807) is 12.1 Å². The van der Waals surface area contributed by atoms with Crippen LogP contribution in [0.3, 0.4) is 0 Å². The molecule has 112 valence electrons. The maximum atomic E-state index is 12.2. The van der Waals surface area contributed by atoms with Gasteiger partial charge in [-0.3, -0.25) is 4.79 Å². The Kier molecular flexibility index (Phi) is 6.59. The Bertz CT molecular complexity index is 590. The van der Waals surface area contributed by atoms with Gasteiger partial charge in [0.25, 0.3) is 0 Å². The molecule has 0 saturated heterocycles. The lowest BCUT2D eigenvalue weighted by Crippen LogP contribution is -2.41. The normalized spacial score (nSPS) is 13.2. The summed E-state index contributed by atoms with van der Waals surface area (Å²) in [4.78, 5) is 11.0. The highest BCUT2D eigenvalue weighted by Crippen LogP contribution is 2.25. The summed E-state index contributed by atoms with van der Waals surface area (Å²) in [6.45, 7) is 0.140. The number of benzene rings is 1. The van der Waals surface area contributed by atoms with E-state index in [0.717, 1.165) is 0 Å². The average Bonchev–Trinajstić information content (AvgIpc) is 2.33. The Balaban J connectivity index is 3.00. The maximum absolute atomic E-state index is 12.2. The van der Waals surface area contributed by atoms with Crippen LogP contribution >= 0.6 is 31.9 Å². The van der Waals surface area contributed by atoms with Crippen LogP contribution in [-0.2, 0) is 19.6 Å². The zero-order valence-electron chi connectivity index (χ0n) is 10.5. The third-order valence-corrected chi connectivity index (χ3v) is 5.33. The Morgan fingerprint density at radius 3 is 2.60 bits per heavy atom. The summed E-state index contributed by atoms with van der Waals surface area (Å²) in [6, 6.07) is 3.27. The van der Waals surface area contributed by atoms with Gasteiger partial charge in [-0.15, -0.1) is 0 Å². The predicted octanol–water partition coefficient (Wildman–Crippen LogP) is 1.98. The van der Waals surface area contributed by atoms with Gasteiger partial charge in [-0.25, -0.2) is 8.42 Å². The third kappa shape index (κ3) is 4.81. The van der Waals surface area contributed by atoms with Gasteiger partial charge in [0, 0.05) is 22.7 Å². The van der Waals surface area contributed by atoms with Crippen LogP contribution in [0, 0.1) is 0 Å². The Morgan fingerprint density at radius 2 is 2.10 bits per heavy atom. The number of sulfonamides is 1.